The number of amides is 1. The number of esters is 2. The number of quaternary nitrogens is 1. The number of carboxylic acids is 1. The summed E-state index contributed by atoms with van der Waals surface area (Å²) in [4.78, 5) is 43.8. The molecule has 8 nitrogen and oxygen atoms in total. The highest BCUT2D eigenvalue weighted by Gasteiger charge is 2.37. The number of nitrogens with zero attached hydrogens (tertiary/aromatic N) is 1. The van der Waals surface area contributed by atoms with Gasteiger partial charge in [0.25, 0.3) is 0 Å². The molecule has 1 atom stereocenters. The third-order valence-electron chi connectivity index (χ3n) is 6.83. The molecule has 1 fully saturated rings. The number of aliphatic carboxylic acids is 1. The number of rotatable bonds is 18. The van der Waals surface area contributed by atoms with Crippen LogP contribution in [0.5, 0.6) is 0 Å². The predicted octanol–water partition coefficient (Wildman–Crippen LogP) is 8.20. The van der Waals surface area contributed by atoms with Crippen molar-refractivity contribution in [3.8, 4) is 0 Å². The van der Waals surface area contributed by atoms with Crippen LogP contribution in [-0.2, 0) is 35.3 Å². The minimum Gasteiger partial charge on any atom is -0.478 e. The summed E-state index contributed by atoms with van der Waals surface area (Å²) in [6, 6.07) is 9.55. The second kappa shape index (κ2) is 24.6. The normalized spacial score (nSPS) is 15.3. The molecule has 1 amide bonds. The van der Waals surface area contributed by atoms with Crippen LogP contribution in [0.2, 0.25) is 0 Å². The van der Waals surface area contributed by atoms with Crippen molar-refractivity contribution in [2.45, 2.75) is 104 Å². The van der Waals surface area contributed by atoms with Crippen molar-refractivity contribution in [3.63, 3.8) is 0 Å². The molecular formula is C36H54NO7+. The molecular weight excluding hydrogens is 558 g/mol. The first-order valence-corrected chi connectivity index (χ1v) is 15.6. The van der Waals surface area contributed by atoms with Crippen LogP contribution in [0.25, 0.3) is 0 Å². The lowest BCUT2D eigenvalue weighted by atomic mass is 10.1. The molecule has 0 aliphatic carbocycles. The topological polar surface area (TPSA) is 107 Å². The number of likely N-dealkylation sites (tertiary alicyclic amines) is 1. The Morgan fingerprint density at radius 1 is 0.864 bits per heavy atom. The molecule has 1 aliphatic rings. The van der Waals surface area contributed by atoms with Gasteiger partial charge in [-0.3, -0.25) is 0 Å². The Morgan fingerprint density at radius 3 is 1.84 bits per heavy atom. The molecule has 1 aromatic carbocycles. The van der Waals surface area contributed by atoms with E-state index in [9.17, 15) is 19.2 Å². The van der Waals surface area contributed by atoms with E-state index in [1.54, 1.807) is 13.8 Å². The number of carboxylic acid groups (broad SMARTS) is 1. The second-order valence-electron chi connectivity index (χ2n) is 10.9. The van der Waals surface area contributed by atoms with Crippen molar-refractivity contribution in [3.05, 3.63) is 85.3 Å². The Labute approximate surface area is 264 Å². The SMILES string of the molecule is C=C(C)C(=O)OCCCCCCCCCCCC.C=C(C)C(=O)OCc1ccccc1.C=C[N+]1(C=CC(=O)O)CCCC1=O. The Hall–Kier alpha value is -3.78. The molecule has 2 rings (SSSR count). The molecule has 1 heterocycles. The van der Waals surface area contributed by atoms with Crippen LogP contribution >= 0.6 is 0 Å². The molecule has 0 saturated carbocycles. The van der Waals surface area contributed by atoms with Gasteiger partial charge < -0.3 is 14.6 Å². The van der Waals surface area contributed by atoms with Crippen molar-refractivity contribution in [1.29, 1.82) is 0 Å². The molecule has 1 aromatic rings. The minimum absolute atomic E-state index is 0.00694. The predicted molar refractivity (Wildman–Crippen MR) is 175 cm³/mol. The van der Waals surface area contributed by atoms with Gasteiger partial charge in [0.15, 0.2) is 0 Å². The molecule has 0 spiro atoms. The van der Waals surface area contributed by atoms with Gasteiger partial charge in [-0.25, -0.2) is 23.7 Å². The quantitative estimate of drug-likeness (QED) is 0.0771. The van der Waals surface area contributed by atoms with Gasteiger partial charge in [0.2, 0.25) is 0 Å². The summed E-state index contributed by atoms with van der Waals surface area (Å²) in [5.74, 6) is -1.64. The number of ether oxygens (including phenoxy) is 2. The van der Waals surface area contributed by atoms with E-state index in [0.29, 0.717) is 37.3 Å². The summed E-state index contributed by atoms with van der Waals surface area (Å²) in [7, 11) is 0. The van der Waals surface area contributed by atoms with Crippen molar-refractivity contribution in [2.75, 3.05) is 13.2 Å². The summed E-state index contributed by atoms with van der Waals surface area (Å²) in [5, 5.41) is 8.43. The zero-order valence-electron chi connectivity index (χ0n) is 27.2. The minimum atomic E-state index is -1.04. The van der Waals surface area contributed by atoms with Crippen LogP contribution in [0.3, 0.4) is 0 Å². The number of benzene rings is 1. The van der Waals surface area contributed by atoms with E-state index >= 15 is 0 Å². The summed E-state index contributed by atoms with van der Waals surface area (Å²) in [5.41, 5.74) is 1.90. The van der Waals surface area contributed by atoms with Crippen molar-refractivity contribution in [1.82, 2.24) is 0 Å². The number of carbonyl (C=O) groups is 4. The van der Waals surface area contributed by atoms with E-state index in [4.69, 9.17) is 14.6 Å². The molecule has 1 saturated heterocycles. The highest BCUT2D eigenvalue weighted by molar-refractivity contribution is 5.87. The van der Waals surface area contributed by atoms with Gasteiger partial charge in [0, 0.05) is 17.6 Å². The van der Waals surface area contributed by atoms with E-state index in [0.717, 1.165) is 24.5 Å². The first-order chi connectivity index (χ1) is 21.0. The van der Waals surface area contributed by atoms with E-state index in [1.807, 2.05) is 30.3 Å². The van der Waals surface area contributed by atoms with Crippen LogP contribution in [0.15, 0.2) is 79.7 Å². The fraction of sp³-hybridized carbons (Fsp3) is 0.500. The van der Waals surface area contributed by atoms with Gasteiger partial charge in [-0.15, -0.1) is 0 Å². The third-order valence-corrected chi connectivity index (χ3v) is 6.83. The lowest BCUT2D eigenvalue weighted by molar-refractivity contribution is -0.738. The lowest BCUT2D eigenvalue weighted by Gasteiger charge is -2.20. The molecule has 1 unspecified atom stereocenters. The summed E-state index contributed by atoms with van der Waals surface area (Å²) in [6.07, 6.45) is 18.1. The zero-order valence-corrected chi connectivity index (χ0v) is 27.2. The molecule has 0 bridgehead atoms. The van der Waals surface area contributed by atoms with E-state index < -0.39 is 5.97 Å². The van der Waals surface area contributed by atoms with Gasteiger partial charge >= 0.3 is 23.8 Å². The van der Waals surface area contributed by atoms with Crippen molar-refractivity contribution < 1.29 is 38.2 Å². The van der Waals surface area contributed by atoms with Crippen molar-refractivity contribution in [2.24, 2.45) is 0 Å². The third kappa shape index (κ3) is 19.4. The maximum absolute atomic E-state index is 11.4. The molecule has 1 N–H and O–H groups in total. The summed E-state index contributed by atoms with van der Waals surface area (Å²) in [6.45, 7) is 17.6. The van der Waals surface area contributed by atoms with Gasteiger partial charge in [0.05, 0.1) is 25.6 Å². The van der Waals surface area contributed by atoms with E-state index in [1.165, 1.54) is 70.2 Å². The Balaban J connectivity index is 0.000000642. The largest absolute Gasteiger partial charge is 0.478 e. The fourth-order valence-electron chi connectivity index (χ4n) is 4.16. The first kappa shape index (κ1) is 40.2. The monoisotopic (exact) mass is 612 g/mol. The Morgan fingerprint density at radius 2 is 1.39 bits per heavy atom. The Kier molecular flexibility index (Phi) is 22.5. The summed E-state index contributed by atoms with van der Waals surface area (Å²) >= 11 is 0. The van der Waals surface area contributed by atoms with Crippen LogP contribution in [0.4, 0.5) is 0 Å². The molecule has 44 heavy (non-hydrogen) atoms. The van der Waals surface area contributed by atoms with Crippen LogP contribution in [0, 0.1) is 0 Å². The maximum Gasteiger partial charge on any atom is 0.333 e. The van der Waals surface area contributed by atoms with E-state index in [2.05, 4.69) is 26.7 Å². The number of hydrogen-bond acceptors (Lipinski definition) is 6. The second-order valence-corrected chi connectivity index (χ2v) is 10.9. The zero-order chi connectivity index (χ0) is 33.2. The Bertz CT molecular complexity index is 1080. The van der Waals surface area contributed by atoms with Crippen LogP contribution in [0.1, 0.15) is 103 Å². The fourth-order valence-corrected chi connectivity index (χ4v) is 4.16. The number of hydrogen-bond donors (Lipinski definition) is 1. The average molecular weight is 613 g/mol. The molecule has 8 heteroatoms. The first-order valence-electron chi connectivity index (χ1n) is 15.6. The van der Waals surface area contributed by atoms with Gasteiger partial charge in [-0.2, -0.15) is 0 Å². The van der Waals surface area contributed by atoms with Gasteiger partial charge in [-0.05, 0) is 32.4 Å². The summed E-state index contributed by atoms with van der Waals surface area (Å²) < 4.78 is 9.95. The van der Waals surface area contributed by atoms with Gasteiger partial charge in [0.1, 0.15) is 19.0 Å². The van der Waals surface area contributed by atoms with Gasteiger partial charge in [-0.1, -0.05) is 108 Å². The smallest absolute Gasteiger partial charge is 0.333 e. The number of unbranched alkanes of at least 4 members (excludes halogenated alkanes) is 9. The number of carbonyl (C=O) groups excluding carboxylic acids is 3. The highest BCUT2D eigenvalue weighted by Crippen LogP contribution is 2.22. The average Bonchev–Trinajstić information content (AvgIpc) is 3.38. The van der Waals surface area contributed by atoms with Crippen LogP contribution in [-0.4, -0.2) is 46.6 Å². The maximum atomic E-state index is 11.4. The molecule has 0 aromatic heterocycles. The van der Waals surface area contributed by atoms with Crippen LogP contribution < -0.4 is 0 Å². The lowest BCUT2D eigenvalue weighted by Crippen LogP contribution is -2.37. The standard InChI is InChI=1S/C16H30O2.C11H12O2.C9H11NO3/c1-4-5-6-7-8-9-10-11-12-13-14-18-16(17)15(2)3;1-9(2)11(12)13-8-10-6-4-3-5-7-10;1-2-10(7-5-9(12)13)6-3-4-8(10)11/h2,4-14H2,1,3H3;3-7H,1,8H2,2H3;2,5,7H,1,3-4,6H2/p+1. The highest BCUT2D eigenvalue weighted by atomic mass is 16.5. The molecule has 1 aliphatic heterocycles. The van der Waals surface area contributed by atoms with Crippen molar-refractivity contribution >= 4 is 23.8 Å². The van der Waals surface area contributed by atoms with E-state index in [-0.39, 0.29) is 22.3 Å². The molecule has 0 radical (unpaired) electrons. The molecule has 244 valence electrons.